The molecule has 0 saturated carbocycles. The standard InChI is InChI=1S/C9H17N3O5/c1-9(2,7(10)16)4-11-8(17)12-5(3-13)6(14)15/h5,13H,3-4H2,1-2H3,(H2,10,16)(H,14,15)(H2,11,12,17)/t5-/m0/s1. The van der Waals surface area contributed by atoms with Gasteiger partial charge in [-0.3, -0.25) is 4.79 Å². The molecule has 0 aromatic rings. The molecule has 0 unspecified atom stereocenters. The molecular formula is C9H17N3O5. The van der Waals surface area contributed by atoms with Gasteiger partial charge in [0.25, 0.3) is 0 Å². The summed E-state index contributed by atoms with van der Waals surface area (Å²) in [6, 6.07) is -2.17. The Morgan fingerprint density at radius 1 is 1.35 bits per heavy atom. The number of primary amides is 1. The molecule has 98 valence electrons. The number of carboxylic acids is 1. The van der Waals surface area contributed by atoms with E-state index in [-0.39, 0.29) is 6.54 Å². The maximum atomic E-state index is 11.2. The predicted octanol–water partition coefficient (Wildman–Crippen LogP) is -1.76. The summed E-state index contributed by atoms with van der Waals surface area (Å²) in [5.41, 5.74) is 4.15. The number of hydrogen-bond donors (Lipinski definition) is 5. The van der Waals surface area contributed by atoms with Gasteiger partial charge in [0.1, 0.15) is 0 Å². The zero-order valence-corrected chi connectivity index (χ0v) is 9.69. The van der Waals surface area contributed by atoms with Crippen molar-refractivity contribution in [1.29, 1.82) is 0 Å². The SMILES string of the molecule is CC(C)(CNC(=O)N[C@@H](CO)C(=O)O)C(N)=O. The Kier molecular flexibility index (Phi) is 5.39. The van der Waals surface area contributed by atoms with Crippen LogP contribution in [0.15, 0.2) is 0 Å². The summed E-state index contributed by atoms with van der Waals surface area (Å²) >= 11 is 0. The third kappa shape index (κ3) is 5.16. The van der Waals surface area contributed by atoms with E-state index in [0.29, 0.717) is 0 Å². The molecule has 0 bridgehead atoms. The van der Waals surface area contributed by atoms with Crippen LogP contribution in [0.3, 0.4) is 0 Å². The molecule has 0 saturated heterocycles. The fourth-order valence-electron chi connectivity index (χ4n) is 0.783. The summed E-state index contributed by atoms with van der Waals surface area (Å²) < 4.78 is 0. The Morgan fingerprint density at radius 2 is 1.88 bits per heavy atom. The average Bonchev–Trinajstić information content (AvgIpc) is 2.22. The lowest BCUT2D eigenvalue weighted by Crippen LogP contribution is -2.51. The highest BCUT2D eigenvalue weighted by Crippen LogP contribution is 2.11. The molecule has 1 atom stereocenters. The fraction of sp³-hybridized carbons (Fsp3) is 0.667. The van der Waals surface area contributed by atoms with Gasteiger partial charge in [-0.25, -0.2) is 9.59 Å². The lowest BCUT2D eigenvalue weighted by molar-refractivity contribution is -0.140. The summed E-state index contributed by atoms with van der Waals surface area (Å²) in [5.74, 6) is -1.94. The third-order valence-corrected chi connectivity index (χ3v) is 2.14. The normalized spacial score (nSPS) is 12.6. The molecule has 0 heterocycles. The van der Waals surface area contributed by atoms with E-state index in [1.165, 1.54) is 13.8 Å². The lowest BCUT2D eigenvalue weighted by Gasteiger charge is -2.21. The summed E-state index contributed by atoms with van der Waals surface area (Å²) in [6.45, 7) is 2.32. The van der Waals surface area contributed by atoms with Gasteiger partial charge in [-0.15, -0.1) is 0 Å². The largest absolute Gasteiger partial charge is 0.480 e. The minimum Gasteiger partial charge on any atom is -0.480 e. The quantitative estimate of drug-likeness (QED) is 0.378. The molecule has 3 amide bonds. The van der Waals surface area contributed by atoms with Crippen LogP contribution >= 0.6 is 0 Å². The number of nitrogens with one attached hydrogen (secondary N) is 2. The van der Waals surface area contributed by atoms with Gasteiger partial charge in [-0.1, -0.05) is 0 Å². The molecule has 0 aliphatic heterocycles. The van der Waals surface area contributed by atoms with Gasteiger partial charge in [-0.2, -0.15) is 0 Å². The van der Waals surface area contributed by atoms with Gasteiger partial charge in [0.15, 0.2) is 6.04 Å². The van der Waals surface area contributed by atoms with Gasteiger partial charge in [0.05, 0.1) is 12.0 Å². The van der Waals surface area contributed by atoms with Crippen LogP contribution in [0.2, 0.25) is 0 Å². The zero-order valence-electron chi connectivity index (χ0n) is 9.69. The maximum Gasteiger partial charge on any atom is 0.328 e. The maximum absolute atomic E-state index is 11.2. The lowest BCUT2D eigenvalue weighted by atomic mass is 9.93. The minimum absolute atomic E-state index is 0.0358. The van der Waals surface area contributed by atoms with Crippen molar-refractivity contribution >= 4 is 17.9 Å². The van der Waals surface area contributed by atoms with E-state index in [0.717, 1.165) is 0 Å². The number of hydrogen-bond acceptors (Lipinski definition) is 4. The third-order valence-electron chi connectivity index (χ3n) is 2.14. The Bertz CT molecular complexity index is 316. The van der Waals surface area contributed by atoms with Crippen molar-refractivity contribution in [2.45, 2.75) is 19.9 Å². The van der Waals surface area contributed by atoms with Crippen molar-refractivity contribution in [2.75, 3.05) is 13.2 Å². The number of carboxylic acid groups (broad SMARTS) is 1. The molecule has 17 heavy (non-hydrogen) atoms. The van der Waals surface area contributed by atoms with Crippen molar-refractivity contribution in [3.63, 3.8) is 0 Å². The van der Waals surface area contributed by atoms with Gasteiger partial charge < -0.3 is 26.6 Å². The summed E-state index contributed by atoms with van der Waals surface area (Å²) in [4.78, 5) is 32.7. The van der Waals surface area contributed by atoms with Crippen LogP contribution in [0.4, 0.5) is 4.79 Å². The number of aliphatic hydroxyl groups excluding tert-OH is 1. The predicted molar refractivity (Wildman–Crippen MR) is 58.0 cm³/mol. The minimum atomic E-state index is -1.38. The zero-order chi connectivity index (χ0) is 13.6. The van der Waals surface area contributed by atoms with Crippen LogP contribution in [0.1, 0.15) is 13.8 Å². The van der Waals surface area contributed by atoms with Crippen molar-refractivity contribution in [3.05, 3.63) is 0 Å². The summed E-state index contributed by atoms with van der Waals surface area (Å²) in [5, 5.41) is 21.6. The highest BCUT2D eigenvalue weighted by molar-refractivity contribution is 5.84. The summed E-state index contributed by atoms with van der Waals surface area (Å²) in [7, 11) is 0. The second-order valence-corrected chi connectivity index (χ2v) is 4.15. The second-order valence-electron chi connectivity index (χ2n) is 4.15. The van der Waals surface area contributed by atoms with E-state index in [2.05, 4.69) is 5.32 Å². The van der Waals surface area contributed by atoms with Crippen molar-refractivity contribution in [3.8, 4) is 0 Å². The van der Waals surface area contributed by atoms with Crippen molar-refractivity contribution in [2.24, 2.45) is 11.1 Å². The van der Waals surface area contributed by atoms with E-state index < -0.39 is 36.0 Å². The van der Waals surface area contributed by atoms with Crippen LogP contribution in [-0.4, -0.2) is 47.3 Å². The molecule has 0 aromatic heterocycles. The molecule has 0 aromatic carbocycles. The number of aliphatic hydroxyl groups is 1. The molecule has 0 aliphatic carbocycles. The topological polar surface area (TPSA) is 142 Å². The Labute approximate surface area is 98.2 Å². The molecule has 6 N–H and O–H groups in total. The number of nitrogens with two attached hydrogens (primary N) is 1. The highest BCUT2D eigenvalue weighted by atomic mass is 16.4. The Hall–Kier alpha value is -1.83. The van der Waals surface area contributed by atoms with E-state index in [1.54, 1.807) is 0 Å². The number of amides is 3. The molecule has 0 rings (SSSR count). The summed E-state index contributed by atoms with van der Waals surface area (Å²) in [6.07, 6.45) is 0. The number of carbonyl (C=O) groups is 3. The van der Waals surface area contributed by atoms with Crippen molar-refractivity contribution in [1.82, 2.24) is 10.6 Å². The smallest absolute Gasteiger partial charge is 0.328 e. The molecule has 0 fully saturated rings. The Morgan fingerprint density at radius 3 is 2.24 bits per heavy atom. The molecule has 8 nitrogen and oxygen atoms in total. The molecule has 0 aliphatic rings. The molecule has 0 radical (unpaired) electrons. The number of urea groups is 1. The van der Waals surface area contributed by atoms with Crippen LogP contribution < -0.4 is 16.4 Å². The number of aliphatic carboxylic acids is 1. The number of carbonyl (C=O) groups excluding carboxylic acids is 2. The first-order valence-electron chi connectivity index (χ1n) is 4.88. The Balaban J connectivity index is 4.20. The van der Waals surface area contributed by atoms with E-state index in [4.69, 9.17) is 15.9 Å². The van der Waals surface area contributed by atoms with Gasteiger partial charge >= 0.3 is 12.0 Å². The van der Waals surface area contributed by atoms with Crippen molar-refractivity contribution < 1.29 is 24.6 Å². The highest BCUT2D eigenvalue weighted by Gasteiger charge is 2.26. The first-order chi connectivity index (χ1) is 7.70. The van der Waals surface area contributed by atoms with E-state index in [9.17, 15) is 14.4 Å². The van der Waals surface area contributed by atoms with E-state index in [1.807, 2.05) is 5.32 Å². The molecule has 8 heteroatoms. The van der Waals surface area contributed by atoms with Crippen LogP contribution in [-0.2, 0) is 9.59 Å². The van der Waals surface area contributed by atoms with Gasteiger partial charge in [0.2, 0.25) is 5.91 Å². The number of rotatable bonds is 6. The monoisotopic (exact) mass is 247 g/mol. The fourth-order valence-corrected chi connectivity index (χ4v) is 0.783. The molecular weight excluding hydrogens is 230 g/mol. The molecule has 0 spiro atoms. The van der Waals surface area contributed by atoms with Crippen LogP contribution in [0.5, 0.6) is 0 Å². The first-order valence-corrected chi connectivity index (χ1v) is 4.88. The van der Waals surface area contributed by atoms with Crippen LogP contribution in [0, 0.1) is 5.41 Å². The first kappa shape index (κ1) is 15.2. The van der Waals surface area contributed by atoms with Crippen LogP contribution in [0.25, 0.3) is 0 Å². The second kappa shape index (κ2) is 6.04. The van der Waals surface area contributed by atoms with E-state index >= 15 is 0 Å². The van der Waals surface area contributed by atoms with Gasteiger partial charge in [0, 0.05) is 6.54 Å². The average molecular weight is 247 g/mol. The van der Waals surface area contributed by atoms with Gasteiger partial charge in [-0.05, 0) is 13.8 Å².